The molecule has 0 atom stereocenters. The Hall–Kier alpha value is -2.12. The maximum atomic E-state index is 10.3. The van der Waals surface area contributed by atoms with Crippen molar-refractivity contribution in [3.8, 4) is 5.75 Å². The van der Waals surface area contributed by atoms with Gasteiger partial charge in [-0.2, -0.15) is 0 Å². The molecule has 0 fully saturated rings. The lowest BCUT2D eigenvalue weighted by Gasteiger charge is -2.14. The third kappa shape index (κ3) is 6.31. The van der Waals surface area contributed by atoms with E-state index in [4.69, 9.17) is 18.9 Å². The Kier molecular flexibility index (Phi) is 9.69. The summed E-state index contributed by atoms with van der Waals surface area (Å²) < 4.78 is 20.4. The first kappa shape index (κ1) is 21.9. The molecule has 1 rings (SSSR count). The first-order valence-corrected chi connectivity index (χ1v) is 8.08. The quantitative estimate of drug-likeness (QED) is 0.463. The first-order valence-electron chi connectivity index (χ1n) is 8.08. The van der Waals surface area contributed by atoms with Crippen LogP contribution in [0.15, 0.2) is 42.2 Å². The second-order valence-corrected chi connectivity index (χ2v) is 5.68. The second-order valence-electron chi connectivity index (χ2n) is 5.68. The molecule has 0 unspecified atom stereocenters. The van der Waals surface area contributed by atoms with Crippen molar-refractivity contribution in [1.82, 2.24) is 0 Å². The van der Waals surface area contributed by atoms with Crippen LogP contribution < -0.4 is 0 Å². The van der Waals surface area contributed by atoms with Gasteiger partial charge in [0.15, 0.2) is 0 Å². The standard InChI is InChI=1S/C20H28O6/c1-14(8-16(11-24-3)19(21)6-7-23-2)15-9-17(12-25-4)20(22)18(10-15)13-26-5/h6,8-10,21-22H,1,7,11-13H2,2-5H3/b16-8-,19-6-. The molecule has 0 amide bonds. The van der Waals surface area contributed by atoms with Gasteiger partial charge in [-0.15, -0.1) is 0 Å². The van der Waals surface area contributed by atoms with Crippen molar-refractivity contribution >= 4 is 5.57 Å². The maximum absolute atomic E-state index is 10.3. The Labute approximate surface area is 155 Å². The number of allylic oxidation sites excluding steroid dienone is 2. The molecular formula is C20H28O6. The molecule has 0 aliphatic rings. The van der Waals surface area contributed by atoms with Crippen molar-refractivity contribution in [2.75, 3.05) is 41.7 Å². The average molecular weight is 364 g/mol. The third-order valence-electron chi connectivity index (χ3n) is 3.66. The fraction of sp³-hybridized carbons (Fsp3) is 0.400. The van der Waals surface area contributed by atoms with Crippen molar-refractivity contribution in [2.24, 2.45) is 0 Å². The predicted molar refractivity (Wildman–Crippen MR) is 101 cm³/mol. The van der Waals surface area contributed by atoms with Gasteiger partial charge in [0.2, 0.25) is 0 Å². The molecule has 0 radical (unpaired) electrons. The number of benzene rings is 1. The highest BCUT2D eigenvalue weighted by atomic mass is 16.5. The number of phenolic OH excluding ortho intramolecular Hbond substituents is 1. The van der Waals surface area contributed by atoms with E-state index in [2.05, 4.69) is 6.58 Å². The lowest BCUT2D eigenvalue weighted by atomic mass is 9.98. The van der Waals surface area contributed by atoms with E-state index in [1.165, 1.54) is 0 Å². The Morgan fingerprint density at radius 1 is 1.00 bits per heavy atom. The Balaban J connectivity index is 3.27. The first-order chi connectivity index (χ1) is 12.5. The Bertz CT molecular complexity index is 633. The largest absolute Gasteiger partial charge is 0.508 e. The van der Waals surface area contributed by atoms with Crippen LogP contribution in [0.1, 0.15) is 16.7 Å². The van der Waals surface area contributed by atoms with Crippen LogP contribution in [-0.4, -0.2) is 51.9 Å². The molecule has 1 aromatic rings. The molecule has 0 aromatic heterocycles. The number of aromatic hydroxyl groups is 1. The average Bonchev–Trinajstić information content (AvgIpc) is 2.62. The summed E-state index contributed by atoms with van der Waals surface area (Å²) in [5, 5.41) is 20.5. The van der Waals surface area contributed by atoms with Crippen molar-refractivity contribution < 1.29 is 29.2 Å². The highest BCUT2D eigenvalue weighted by molar-refractivity contribution is 5.75. The van der Waals surface area contributed by atoms with Crippen molar-refractivity contribution in [3.63, 3.8) is 0 Å². The minimum atomic E-state index is 0.0721. The number of phenols is 1. The van der Waals surface area contributed by atoms with Gasteiger partial charge in [-0.25, -0.2) is 0 Å². The van der Waals surface area contributed by atoms with Crippen molar-refractivity contribution in [2.45, 2.75) is 13.2 Å². The molecule has 0 aliphatic heterocycles. The molecule has 144 valence electrons. The molecule has 0 spiro atoms. The van der Waals surface area contributed by atoms with Crippen LogP contribution in [0.2, 0.25) is 0 Å². The van der Waals surface area contributed by atoms with E-state index < -0.39 is 0 Å². The van der Waals surface area contributed by atoms with Crippen molar-refractivity contribution in [1.29, 1.82) is 0 Å². The van der Waals surface area contributed by atoms with Crippen LogP contribution >= 0.6 is 0 Å². The Morgan fingerprint density at radius 3 is 2.04 bits per heavy atom. The van der Waals surface area contributed by atoms with E-state index in [1.807, 2.05) is 0 Å². The summed E-state index contributed by atoms with van der Waals surface area (Å²) in [5.41, 5.74) is 3.29. The molecular weight excluding hydrogens is 336 g/mol. The molecule has 0 heterocycles. The third-order valence-corrected chi connectivity index (χ3v) is 3.66. The molecule has 6 heteroatoms. The smallest absolute Gasteiger partial charge is 0.126 e. The highest BCUT2D eigenvalue weighted by Gasteiger charge is 2.12. The number of hydrogen-bond donors (Lipinski definition) is 2. The molecule has 0 aliphatic carbocycles. The van der Waals surface area contributed by atoms with Crippen LogP contribution in [0, 0.1) is 0 Å². The number of ether oxygens (including phenoxy) is 4. The number of aliphatic hydroxyl groups excluding tert-OH is 1. The van der Waals surface area contributed by atoms with Gasteiger partial charge in [0.05, 0.1) is 26.4 Å². The summed E-state index contributed by atoms with van der Waals surface area (Å²) >= 11 is 0. The molecule has 6 nitrogen and oxygen atoms in total. The van der Waals surface area contributed by atoms with Crippen LogP contribution in [0.4, 0.5) is 0 Å². The zero-order valence-electron chi connectivity index (χ0n) is 15.9. The van der Waals surface area contributed by atoms with E-state index in [1.54, 1.807) is 52.7 Å². The molecule has 1 aromatic carbocycles. The fourth-order valence-electron chi connectivity index (χ4n) is 2.41. The van der Waals surface area contributed by atoms with Gasteiger partial charge in [0, 0.05) is 45.1 Å². The van der Waals surface area contributed by atoms with Gasteiger partial charge >= 0.3 is 0 Å². The van der Waals surface area contributed by atoms with Gasteiger partial charge in [0.25, 0.3) is 0 Å². The number of methoxy groups -OCH3 is 4. The van der Waals surface area contributed by atoms with Crippen molar-refractivity contribution in [3.05, 3.63) is 58.9 Å². The zero-order chi connectivity index (χ0) is 19.5. The summed E-state index contributed by atoms with van der Waals surface area (Å²) in [6.07, 6.45) is 3.30. The number of aliphatic hydroxyl groups is 1. The number of hydrogen-bond acceptors (Lipinski definition) is 6. The van der Waals surface area contributed by atoms with Crippen LogP contribution in [0.3, 0.4) is 0 Å². The fourth-order valence-corrected chi connectivity index (χ4v) is 2.41. The normalized spacial score (nSPS) is 12.5. The maximum Gasteiger partial charge on any atom is 0.126 e. The monoisotopic (exact) mass is 364 g/mol. The van der Waals surface area contributed by atoms with Crippen LogP contribution in [0.25, 0.3) is 5.57 Å². The summed E-state index contributed by atoms with van der Waals surface area (Å²) in [7, 11) is 6.22. The SMILES string of the molecule is C=C(/C=C(COC)\C(O)=C\COC)c1cc(COC)c(O)c(COC)c1. The second kappa shape index (κ2) is 11.5. The Morgan fingerprint density at radius 2 is 1.58 bits per heavy atom. The lowest BCUT2D eigenvalue weighted by Crippen LogP contribution is -2.01. The summed E-state index contributed by atoms with van der Waals surface area (Å²) in [4.78, 5) is 0. The molecule has 0 saturated carbocycles. The van der Waals surface area contributed by atoms with E-state index in [0.717, 1.165) is 5.56 Å². The topological polar surface area (TPSA) is 77.4 Å². The van der Waals surface area contributed by atoms with Gasteiger partial charge in [-0.3, -0.25) is 0 Å². The zero-order valence-corrected chi connectivity index (χ0v) is 15.9. The van der Waals surface area contributed by atoms with Crippen LogP contribution in [0.5, 0.6) is 5.75 Å². The molecule has 0 bridgehead atoms. The lowest BCUT2D eigenvalue weighted by molar-refractivity contribution is 0.174. The minimum absolute atomic E-state index is 0.0721. The highest BCUT2D eigenvalue weighted by Crippen LogP contribution is 2.30. The van der Waals surface area contributed by atoms with E-state index in [-0.39, 0.29) is 37.9 Å². The van der Waals surface area contributed by atoms with Gasteiger partial charge < -0.3 is 29.2 Å². The molecule has 2 N–H and O–H groups in total. The minimum Gasteiger partial charge on any atom is -0.508 e. The van der Waals surface area contributed by atoms with E-state index in [0.29, 0.717) is 22.3 Å². The molecule has 0 saturated heterocycles. The number of rotatable bonds is 11. The summed E-state index contributed by atoms with van der Waals surface area (Å²) in [6.45, 7) is 5.11. The predicted octanol–water partition coefficient (Wildman–Crippen LogP) is 3.36. The van der Waals surface area contributed by atoms with Gasteiger partial charge in [-0.05, 0) is 35.4 Å². The van der Waals surface area contributed by atoms with Crippen LogP contribution in [-0.2, 0) is 32.2 Å². The van der Waals surface area contributed by atoms with Gasteiger partial charge in [-0.1, -0.05) is 6.58 Å². The van der Waals surface area contributed by atoms with E-state index >= 15 is 0 Å². The van der Waals surface area contributed by atoms with E-state index in [9.17, 15) is 10.2 Å². The summed E-state index contributed by atoms with van der Waals surface area (Å²) in [6, 6.07) is 3.61. The molecule has 26 heavy (non-hydrogen) atoms. The summed E-state index contributed by atoms with van der Waals surface area (Å²) in [5.74, 6) is 0.219. The van der Waals surface area contributed by atoms with Gasteiger partial charge in [0.1, 0.15) is 11.5 Å².